The van der Waals surface area contributed by atoms with Crippen LogP contribution in [0.4, 0.5) is 4.39 Å². The first kappa shape index (κ1) is 13.1. The predicted octanol–water partition coefficient (Wildman–Crippen LogP) is 2.88. The number of nitrogens with zero attached hydrogens (tertiary/aromatic N) is 2. The lowest BCUT2D eigenvalue weighted by atomic mass is 10.0. The molecule has 1 aromatic carbocycles. The molecule has 0 aliphatic carbocycles. The van der Waals surface area contributed by atoms with E-state index in [1.54, 1.807) is 18.5 Å². The standard InChI is InChI=1S/C13H13BrFN3/c1-16-12(10-6-17-8-18-7-10)5-9-3-2-4-11(15)13(9)14/h2-4,6-8,12,16H,5H2,1H3. The summed E-state index contributed by atoms with van der Waals surface area (Å²) < 4.78 is 14.0. The molecule has 2 rings (SSSR count). The Bertz CT molecular complexity index is 519. The Hall–Kier alpha value is -1.33. The van der Waals surface area contributed by atoms with E-state index in [9.17, 15) is 4.39 Å². The normalized spacial score (nSPS) is 12.4. The Morgan fingerprint density at radius 2 is 2.06 bits per heavy atom. The van der Waals surface area contributed by atoms with Crippen molar-refractivity contribution in [3.63, 3.8) is 0 Å². The van der Waals surface area contributed by atoms with E-state index < -0.39 is 0 Å². The number of likely N-dealkylation sites (N-methyl/N-ethyl adjacent to an activating group) is 1. The van der Waals surface area contributed by atoms with Crippen LogP contribution < -0.4 is 5.32 Å². The maximum atomic E-state index is 13.4. The summed E-state index contributed by atoms with van der Waals surface area (Å²) in [4.78, 5) is 8.00. The minimum Gasteiger partial charge on any atom is -0.313 e. The zero-order chi connectivity index (χ0) is 13.0. The monoisotopic (exact) mass is 309 g/mol. The molecule has 1 atom stereocenters. The maximum absolute atomic E-state index is 13.4. The molecule has 0 radical (unpaired) electrons. The molecule has 1 heterocycles. The van der Waals surface area contributed by atoms with Gasteiger partial charge in [0.1, 0.15) is 12.1 Å². The van der Waals surface area contributed by atoms with E-state index in [0.29, 0.717) is 10.9 Å². The molecule has 0 fully saturated rings. The maximum Gasteiger partial charge on any atom is 0.137 e. The van der Waals surface area contributed by atoms with Crippen LogP contribution in [-0.4, -0.2) is 17.0 Å². The fourth-order valence-electron chi connectivity index (χ4n) is 1.80. The van der Waals surface area contributed by atoms with Crippen molar-refractivity contribution in [2.75, 3.05) is 7.05 Å². The third kappa shape index (κ3) is 2.91. The van der Waals surface area contributed by atoms with Crippen molar-refractivity contribution >= 4 is 15.9 Å². The summed E-state index contributed by atoms with van der Waals surface area (Å²) in [5.41, 5.74) is 1.90. The van der Waals surface area contributed by atoms with Gasteiger partial charge < -0.3 is 5.32 Å². The van der Waals surface area contributed by atoms with Gasteiger partial charge in [0.25, 0.3) is 0 Å². The molecular weight excluding hydrogens is 297 g/mol. The molecule has 1 unspecified atom stereocenters. The third-order valence-corrected chi connectivity index (χ3v) is 3.68. The van der Waals surface area contributed by atoms with Crippen molar-refractivity contribution in [2.45, 2.75) is 12.5 Å². The zero-order valence-corrected chi connectivity index (χ0v) is 11.5. The molecule has 3 nitrogen and oxygen atoms in total. The Morgan fingerprint density at radius 1 is 1.33 bits per heavy atom. The van der Waals surface area contributed by atoms with Gasteiger partial charge in [-0.2, -0.15) is 0 Å². The van der Waals surface area contributed by atoms with Crippen LogP contribution in [0.5, 0.6) is 0 Å². The topological polar surface area (TPSA) is 37.8 Å². The van der Waals surface area contributed by atoms with Crippen LogP contribution >= 0.6 is 15.9 Å². The minimum atomic E-state index is -0.244. The average Bonchev–Trinajstić information content (AvgIpc) is 2.41. The van der Waals surface area contributed by atoms with Crippen molar-refractivity contribution in [3.8, 4) is 0 Å². The summed E-state index contributed by atoms with van der Waals surface area (Å²) >= 11 is 3.28. The molecule has 1 N–H and O–H groups in total. The van der Waals surface area contributed by atoms with Crippen molar-refractivity contribution in [1.82, 2.24) is 15.3 Å². The quantitative estimate of drug-likeness (QED) is 0.943. The fraction of sp³-hybridized carbons (Fsp3) is 0.231. The second-order valence-corrected chi connectivity index (χ2v) is 4.72. The van der Waals surface area contributed by atoms with Gasteiger partial charge in [0.05, 0.1) is 4.47 Å². The van der Waals surface area contributed by atoms with Gasteiger partial charge in [-0.3, -0.25) is 0 Å². The van der Waals surface area contributed by atoms with Crippen molar-refractivity contribution in [2.24, 2.45) is 0 Å². The Kier molecular flexibility index (Phi) is 4.38. The van der Waals surface area contributed by atoms with Gasteiger partial charge in [-0.05, 0) is 41.0 Å². The lowest BCUT2D eigenvalue weighted by Gasteiger charge is -2.16. The molecule has 0 spiro atoms. The van der Waals surface area contributed by atoms with Gasteiger partial charge in [0.15, 0.2) is 0 Å². The smallest absolute Gasteiger partial charge is 0.137 e. The zero-order valence-electron chi connectivity index (χ0n) is 9.90. The van der Waals surface area contributed by atoms with Gasteiger partial charge in [0, 0.05) is 24.0 Å². The van der Waals surface area contributed by atoms with Crippen LogP contribution in [-0.2, 0) is 6.42 Å². The number of halogens is 2. The van der Waals surface area contributed by atoms with Crippen LogP contribution in [0.1, 0.15) is 17.2 Å². The molecule has 0 aliphatic heterocycles. The highest BCUT2D eigenvalue weighted by Gasteiger charge is 2.13. The number of hydrogen-bond acceptors (Lipinski definition) is 3. The lowest BCUT2D eigenvalue weighted by molar-refractivity contribution is 0.576. The first-order valence-electron chi connectivity index (χ1n) is 5.57. The minimum absolute atomic E-state index is 0.0595. The Balaban J connectivity index is 2.24. The first-order chi connectivity index (χ1) is 8.72. The third-order valence-electron chi connectivity index (χ3n) is 2.79. The van der Waals surface area contributed by atoms with Gasteiger partial charge in [-0.25, -0.2) is 14.4 Å². The number of hydrogen-bond donors (Lipinski definition) is 1. The van der Waals surface area contributed by atoms with Crippen LogP contribution in [0.2, 0.25) is 0 Å². The molecule has 5 heteroatoms. The SMILES string of the molecule is CNC(Cc1cccc(F)c1Br)c1cncnc1. The second kappa shape index (κ2) is 6.02. The molecular formula is C13H13BrFN3. The van der Waals surface area contributed by atoms with Crippen LogP contribution in [0.15, 0.2) is 41.4 Å². The molecule has 0 bridgehead atoms. The van der Waals surface area contributed by atoms with E-state index in [4.69, 9.17) is 0 Å². The Labute approximate surface area is 114 Å². The van der Waals surface area contributed by atoms with Crippen LogP contribution in [0.25, 0.3) is 0 Å². The molecule has 1 aromatic heterocycles. The fourth-order valence-corrected chi connectivity index (χ4v) is 2.23. The summed E-state index contributed by atoms with van der Waals surface area (Å²) in [5.74, 6) is -0.244. The van der Waals surface area contributed by atoms with Gasteiger partial charge in [0.2, 0.25) is 0 Å². The predicted molar refractivity (Wildman–Crippen MR) is 71.6 cm³/mol. The molecule has 0 saturated heterocycles. The van der Waals surface area contributed by atoms with Gasteiger partial charge in [-0.15, -0.1) is 0 Å². The van der Waals surface area contributed by atoms with E-state index in [2.05, 4.69) is 31.2 Å². The summed E-state index contributed by atoms with van der Waals surface area (Å²) in [5, 5.41) is 3.19. The van der Waals surface area contributed by atoms with Crippen molar-refractivity contribution < 1.29 is 4.39 Å². The molecule has 0 saturated carbocycles. The molecule has 94 valence electrons. The number of aromatic nitrogens is 2. The second-order valence-electron chi connectivity index (χ2n) is 3.93. The lowest BCUT2D eigenvalue weighted by Crippen LogP contribution is -2.19. The number of rotatable bonds is 4. The number of benzene rings is 1. The highest BCUT2D eigenvalue weighted by atomic mass is 79.9. The van der Waals surface area contributed by atoms with Crippen LogP contribution in [0, 0.1) is 5.82 Å². The van der Waals surface area contributed by atoms with E-state index in [1.807, 2.05) is 13.1 Å². The summed E-state index contributed by atoms with van der Waals surface area (Å²) in [6.45, 7) is 0. The van der Waals surface area contributed by atoms with E-state index >= 15 is 0 Å². The molecule has 0 aliphatic rings. The van der Waals surface area contributed by atoms with Crippen LogP contribution in [0.3, 0.4) is 0 Å². The highest BCUT2D eigenvalue weighted by Crippen LogP contribution is 2.25. The summed E-state index contributed by atoms with van der Waals surface area (Å²) in [6, 6.07) is 5.11. The summed E-state index contributed by atoms with van der Waals surface area (Å²) in [7, 11) is 1.87. The van der Waals surface area contributed by atoms with Gasteiger partial charge in [-0.1, -0.05) is 12.1 Å². The first-order valence-corrected chi connectivity index (χ1v) is 6.36. The van der Waals surface area contributed by atoms with Crippen molar-refractivity contribution in [1.29, 1.82) is 0 Å². The average molecular weight is 310 g/mol. The molecule has 18 heavy (non-hydrogen) atoms. The summed E-state index contributed by atoms with van der Waals surface area (Å²) in [6.07, 6.45) is 5.69. The molecule has 0 amide bonds. The van der Waals surface area contributed by atoms with E-state index in [0.717, 1.165) is 11.1 Å². The van der Waals surface area contributed by atoms with Crippen molar-refractivity contribution in [3.05, 3.63) is 58.3 Å². The largest absolute Gasteiger partial charge is 0.313 e. The van der Waals surface area contributed by atoms with E-state index in [1.165, 1.54) is 12.4 Å². The number of nitrogens with one attached hydrogen (secondary N) is 1. The highest BCUT2D eigenvalue weighted by molar-refractivity contribution is 9.10. The van der Waals surface area contributed by atoms with Gasteiger partial charge >= 0.3 is 0 Å². The van der Waals surface area contributed by atoms with E-state index in [-0.39, 0.29) is 11.9 Å². The Morgan fingerprint density at radius 3 is 2.72 bits per heavy atom. The molecule has 2 aromatic rings.